The first-order valence-electron chi connectivity index (χ1n) is 5.87. The molecule has 1 unspecified atom stereocenters. The molecule has 1 aromatic heterocycles. The minimum Gasteiger partial charge on any atom is -0.324 e. The second-order valence-corrected chi connectivity index (χ2v) is 4.44. The molecule has 3 rings (SSSR count). The van der Waals surface area contributed by atoms with Crippen LogP contribution in [0.2, 0.25) is 0 Å². The van der Waals surface area contributed by atoms with Gasteiger partial charge < -0.3 is 10.3 Å². The summed E-state index contributed by atoms with van der Waals surface area (Å²) < 4.78 is 2.16. The highest BCUT2D eigenvalue weighted by Crippen LogP contribution is 2.32. The van der Waals surface area contributed by atoms with Gasteiger partial charge in [0, 0.05) is 24.1 Å². The summed E-state index contributed by atoms with van der Waals surface area (Å²) in [5.41, 5.74) is 10.2. The number of aryl methyl sites for hydroxylation is 1. The first-order chi connectivity index (χ1) is 7.86. The molecule has 0 amide bonds. The van der Waals surface area contributed by atoms with E-state index in [1.165, 1.54) is 23.2 Å². The Hall–Kier alpha value is -1.54. The third kappa shape index (κ3) is 1.46. The standard InChI is InChI=1S/C14H16N2/c15-12-7-3-5-11-6-4-8-13(14(11)12)16-9-1-2-10-16/h1-2,4,6,8-10,12H,3,5,7,15H2. The van der Waals surface area contributed by atoms with Crippen LogP contribution in [-0.2, 0) is 6.42 Å². The van der Waals surface area contributed by atoms with E-state index in [-0.39, 0.29) is 6.04 Å². The number of nitrogens with two attached hydrogens (primary N) is 1. The highest BCUT2D eigenvalue weighted by Gasteiger charge is 2.20. The second-order valence-electron chi connectivity index (χ2n) is 4.44. The number of benzene rings is 1. The lowest BCUT2D eigenvalue weighted by Crippen LogP contribution is -2.19. The average Bonchev–Trinajstić information content (AvgIpc) is 2.82. The topological polar surface area (TPSA) is 30.9 Å². The number of hydrogen-bond donors (Lipinski definition) is 1. The van der Waals surface area contributed by atoms with Gasteiger partial charge in [-0.15, -0.1) is 0 Å². The molecule has 2 nitrogen and oxygen atoms in total. The number of rotatable bonds is 1. The summed E-state index contributed by atoms with van der Waals surface area (Å²) in [5.74, 6) is 0. The molecule has 0 bridgehead atoms. The normalized spacial score (nSPS) is 19.4. The molecule has 1 aliphatic rings. The van der Waals surface area contributed by atoms with Gasteiger partial charge in [-0.1, -0.05) is 12.1 Å². The van der Waals surface area contributed by atoms with Gasteiger partial charge in [0.15, 0.2) is 0 Å². The van der Waals surface area contributed by atoms with Crippen molar-refractivity contribution in [2.45, 2.75) is 25.3 Å². The molecule has 0 saturated heterocycles. The van der Waals surface area contributed by atoms with Crippen molar-refractivity contribution in [2.75, 3.05) is 0 Å². The monoisotopic (exact) mass is 212 g/mol. The molecule has 82 valence electrons. The third-order valence-corrected chi connectivity index (χ3v) is 3.39. The van der Waals surface area contributed by atoms with Crippen LogP contribution in [0.1, 0.15) is 30.0 Å². The number of aromatic nitrogens is 1. The van der Waals surface area contributed by atoms with Gasteiger partial charge in [-0.05, 0) is 48.6 Å². The minimum atomic E-state index is 0.197. The van der Waals surface area contributed by atoms with Gasteiger partial charge in [-0.2, -0.15) is 0 Å². The maximum atomic E-state index is 6.24. The molecular formula is C14H16N2. The number of fused-ring (bicyclic) bond motifs is 1. The molecule has 1 aliphatic carbocycles. The number of hydrogen-bond acceptors (Lipinski definition) is 1. The summed E-state index contributed by atoms with van der Waals surface area (Å²) in [4.78, 5) is 0. The van der Waals surface area contributed by atoms with Crippen molar-refractivity contribution in [2.24, 2.45) is 5.73 Å². The van der Waals surface area contributed by atoms with Crippen molar-refractivity contribution in [3.63, 3.8) is 0 Å². The van der Waals surface area contributed by atoms with Crippen LogP contribution in [0.5, 0.6) is 0 Å². The lowest BCUT2D eigenvalue weighted by molar-refractivity contribution is 0.567. The van der Waals surface area contributed by atoms with Crippen LogP contribution in [-0.4, -0.2) is 4.57 Å². The third-order valence-electron chi connectivity index (χ3n) is 3.39. The molecule has 0 radical (unpaired) electrons. The molecule has 2 N–H and O–H groups in total. The molecule has 2 heteroatoms. The maximum absolute atomic E-state index is 6.24. The molecule has 0 aliphatic heterocycles. The SMILES string of the molecule is NC1CCCc2cccc(-n3cccc3)c21. The lowest BCUT2D eigenvalue weighted by atomic mass is 9.87. The second kappa shape index (κ2) is 3.80. The summed E-state index contributed by atoms with van der Waals surface area (Å²) in [6, 6.07) is 10.8. The first kappa shape index (κ1) is 9.67. The van der Waals surface area contributed by atoms with Gasteiger partial charge in [0.25, 0.3) is 0 Å². The summed E-state index contributed by atoms with van der Waals surface area (Å²) in [6.45, 7) is 0. The molecule has 0 spiro atoms. The fourth-order valence-electron chi connectivity index (χ4n) is 2.62. The van der Waals surface area contributed by atoms with E-state index in [4.69, 9.17) is 5.73 Å². The van der Waals surface area contributed by atoms with E-state index in [0.717, 1.165) is 12.8 Å². The zero-order valence-electron chi connectivity index (χ0n) is 9.26. The fourth-order valence-corrected chi connectivity index (χ4v) is 2.62. The van der Waals surface area contributed by atoms with Crippen LogP contribution in [0, 0.1) is 0 Å². The maximum Gasteiger partial charge on any atom is 0.0499 e. The van der Waals surface area contributed by atoms with Gasteiger partial charge >= 0.3 is 0 Å². The Balaban J connectivity index is 2.19. The molecule has 16 heavy (non-hydrogen) atoms. The molecule has 0 fully saturated rings. The van der Waals surface area contributed by atoms with Gasteiger partial charge in [-0.3, -0.25) is 0 Å². The predicted octanol–water partition coefficient (Wildman–Crippen LogP) is 2.81. The van der Waals surface area contributed by atoms with Crippen LogP contribution in [0.4, 0.5) is 0 Å². The highest BCUT2D eigenvalue weighted by molar-refractivity contribution is 5.49. The summed E-state index contributed by atoms with van der Waals surface area (Å²) in [7, 11) is 0. The minimum absolute atomic E-state index is 0.197. The smallest absolute Gasteiger partial charge is 0.0499 e. The quantitative estimate of drug-likeness (QED) is 0.774. The first-order valence-corrected chi connectivity index (χ1v) is 5.87. The van der Waals surface area contributed by atoms with Crippen LogP contribution in [0.3, 0.4) is 0 Å². The Morgan fingerprint density at radius 1 is 1.12 bits per heavy atom. The van der Waals surface area contributed by atoms with E-state index >= 15 is 0 Å². The number of nitrogens with zero attached hydrogens (tertiary/aromatic N) is 1. The van der Waals surface area contributed by atoms with Gasteiger partial charge in [0.2, 0.25) is 0 Å². The molecule has 0 saturated carbocycles. The van der Waals surface area contributed by atoms with E-state index in [0.29, 0.717) is 0 Å². The summed E-state index contributed by atoms with van der Waals surface area (Å²) in [6.07, 6.45) is 7.64. The Kier molecular flexibility index (Phi) is 2.29. The Labute approximate surface area is 95.7 Å². The van der Waals surface area contributed by atoms with Crippen molar-refractivity contribution in [3.8, 4) is 5.69 Å². The summed E-state index contributed by atoms with van der Waals surface area (Å²) >= 11 is 0. The molecule has 2 aromatic rings. The highest BCUT2D eigenvalue weighted by atomic mass is 14.9. The largest absolute Gasteiger partial charge is 0.324 e. The van der Waals surface area contributed by atoms with Crippen LogP contribution < -0.4 is 5.73 Å². The Morgan fingerprint density at radius 2 is 1.94 bits per heavy atom. The van der Waals surface area contributed by atoms with Crippen LogP contribution in [0.15, 0.2) is 42.7 Å². The predicted molar refractivity (Wildman–Crippen MR) is 65.6 cm³/mol. The fraction of sp³-hybridized carbons (Fsp3) is 0.286. The zero-order valence-corrected chi connectivity index (χ0v) is 9.26. The van der Waals surface area contributed by atoms with Crippen molar-refractivity contribution in [1.82, 2.24) is 4.57 Å². The Bertz CT molecular complexity index is 485. The van der Waals surface area contributed by atoms with E-state index in [9.17, 15) is 0 Å². The van der Waals surface area contributed by atoms with Crippen molar-refractivity contribution in [3.05, 3.63) is 53.9 Å². The zero-order chi connectivity index (χ0) is 11.0. The van der Waals surface area contributed by atoms with Crippen LogP contribution >= 0.6 is 0 Å². The molecule has 1 atom stereocenters. The summed E-state index contributed by atoms with van der Waals surface area (Å²) in [5, 5.41) is 0. The Morgan fingerprint density at radius 3 is 2.75 bits per heavy atom. The van der Waals surface area contributed by atoms with E-state index < -0.39 is 0 Å². The average molecular weight is 212 g/mol. The molecule has 1 heterocycles. The van der Waals surface area contributed by atoms with Crippen LogP contribution in [0.25, 0.3) is 5.69 Å². The van der Waals surface area contributed by atoms with E-state index in [1.54, 1.807) is 0 Å². The molecule has 1 aromatic carbocycles. The lowest BCUT2D eigenvalue weighted by Gasteiger charge is -2.25. The van der Waals surface area contributed by atoms with Gasteiger partial charge in [-0.25, -0.2) is 0 Å². The molecular weight excluding hydrogens is 196 g/mol. The van der Waals surface area contributed by atoms with E-state index in [2.05, 4.69) is 35.2 Å². The van der Waals surface area contributed by atoms with Crippen molar-refractivity contribution in [1.29, 1.82) is 0 Å². The van der Waals surface area contributed by atoms with Gasteiger partial charge in [0.05, 0.1) is 0 Å². The van der Waals surface area contributed by atoms with Gasteiger partial charge in [0.1, 0.15) is 0 Å². The van der Waals surface area contributed by atoms with Crippen molar-refractivity contribution >= 4 is 0 Å². The van der Waals surface area contributed by atoms with E-state index in [1.807, 2.05) is 12.1 Å². The van der Waals surface area contributed by atoms with Crippen molar-refractivity contribution < 1.29 is 0 Å².